The summed E-state index contributed by atoms with van der Waals surface area (Å²) in [7, 11) is -4.19. The fraction of sp³-hybridized carbons (Fsp3) is 0.0909. The molecule has 2 aliphatic rings. The number of carbonyl (C=O) groups is 2. The summed E-state index contributed by atoms with van der Waals surface area (Å²) in [6, 6.07) is 7.54. The lowest BCUT2D eigenvalue weighted by Gasteiger charge is -2.22. The van der Waals surface area contributed by atoms with Gasteiger partial charge >= 0.3 is 5.97 Å². The van der Waals surface area contributed by atoms with Crippen LogP contribution in [0.1, 0.15) is 15.9 Å². The number of fused-ring (bicyclic) bond motifs is 1. The van der Waals surface area contributed by atoms with Crippen molar-refractivity contribution >= 4 is 74.5 Å². The smallest absolute Gasteiger partial charge is 0.326 e. The standard InChI is InChI=1S/C22H17Cl3N4O5S2/c23-13-5-3-12(4-6-13)8-18(22(31)32)27-21(30)14-9-15(24)16(25)10-17(14)28-36(33,34)20-2-1-7-29-19(20)11-26-35-29/h1-7,9-11,18,26,28H,8H2,(H,27,30)(H,31,32)/t18-/m1/s1. The largest absolute Gasteiger partial charge is 0.480 e. The molecule has 14 heteroatoms. The lowest BCUT2D eigenvalue weighted by atomic mass is 10.1. The molecular weight excluding hydrogens is 571 g/mol. The van der Waals surface area contributed by atoms with Crippen molar-refractivity contribution < 1.29 is 23.1 Å². The highest BCUT2D eigenvalue weighted by Crippen LogP contribution is 2.35. The minimum absolute atomic E-state index is 0.00156. The Bertz CT molecular complexity index is 1430. The summed E-state index contributed by atoms with van der Waals surface area (Å²) in [6.07, 6.45) is 6.13. The predicted molar refractivity (Wildman–Crippen MR) is 141 cm³/mol. The third-order valence-electron chi connectivity index (χ3n) is 5.10. The maximum absolute atomic E-state index is 13.2. The first-order valence-corrected chi connectivity index (χ1v) is 13.5. The number of nitrogens with one attached hydrogen (secondary N) is 3. The van der Waals surface area contributed by atoms with E-state index in [1.54, 1.807) is 40.8 Å². The molecule has 2 aliphatic heterocycles. The Kier molecular flexibility index (Phi) is 7.76. The van der Waals surface area contributed by atoms with E-state index in [-0.39, 0.29) is 32.6 Å². The van der Waals surface area contributed by atoms with Gasteiger partial charge in [-0.25, -0.2) is 13.2 Å². The SMILES string of the molecule is O=C(N[C@H](Cc1ccc(Cl)cc1)C(=O)O)c1cc(Cl)c(Cl)cc1NS(=O)(=O)C1=CC=CN2SNC=C12. The maximum atomic E-state index is 13.2. The molecule has 0 spiro atoms. The lowest BCUT2D eigenvalue weighted by molar-refractivity contribution is -0.139. The quantitative estimate of drug-likeness (QED) is 0.332. The van der Waals surface area contributed by atoms with Gasteiger partial charge in [-0.1, -0.05) is 46.9 Å². The lowest BCUT2D eigenvalue weighted by Crippen LogP contribution is -2.42. The third kappa shape index (κ3) is 5.76. The molecule has 0 aliphatic carbocycles. The number of nitrogens with zero attached hydrogens (tertiary/aromatic N) is 1. The van der Waals surface area contributed by atoms with E-state index < -0.39 is 27.9 Å². The molecule has 0 fully saturated rings. The second-order valence-electron chi connectivity index (χ2n) is 7.55. The Morgan fingerprint density at radius 3 is 2.50 bits per heavy atom. The Morgan fingerprint density at radius 1 is 1.11 bits per heavy atom. The first-order chi connectivity index (χ1) is 17.0. The number of rotatable bonds is 8. The molecule has 2 heterocycles. The Morgan fingerprint density at radius 2 is 1.81 bits per heavy atom. The summed E-state index contributed by atoms with van der Waals surface area (Å²) < 4.78 is 33.3. The summed E-state index contributed by atoms with van der Waals surface area (Å²) >= 11 is 19.3. The summed E-state index contributed by atoms with van der Waals surface area (Å²) in [5.74, 6) is -2.14. The van der Waals surface area contributed by atoms with Crippen molar-refractivity contribution in [3.63, 3.8) is 0 Å². The van der Waals surface area contributed by atoms with Crippen molar-refractivity contribution in [2.75, 3.05) is 4.72 Å². The average molecular weight is 588 g/mol. The molecule has 9 nitrogen and oxygen atoms in total. The molecular formula is C22H17Cl3N4O5S2. The zero-order chi connectivity index (χ0) is 26.0. The molecule has 0 bridgehead atoms. The van der Waals surface area contributed by atoms with Crippen LogP contribution in [0.25, 0.3) is 0 Å². The number of carbonyl (C=O) groups excluding carboxylic acids is 1. The second-order valence-corrected chi connectivity index (χ2v) is 11.3. The van der Waals surface area contributed by atoms with Crippen LogP contribution in [0.4, 0.5) is 5.69 Å². The van der Waals surface area contributed by atoms with Crippen molar-refractivity contribution in [1.29, 1.82) is 0 Å². The highest BCUT2D eigenvalue weighted by molar-refractivity contribution is 7.97. The highest BCUT2D eigenvalue weighted by Gasteiger charge is 2.31. The van der Waals surface area contributed by atoms with Gasteiger partial charge in [0.05, 0.1) is 39.1 Å². The molecule has 0 saturated heterocycles. The number of allylic oxidation sites excluding steroid dienone is 2. The van der Waals surface area contributed by atoms with Crippen LogP contribution in [0.3, 0.4) is 0 Å². The zero-order valence-corrected chi connectivity index (χ0v) is 21.9. The number of aliphatic carboxylic acids is 1. The van der Waals surface area contributed by atoms with Crippen LogP contribution in [0.2, 0.25) is 15.1 Å². The van der Waals surface area contributed by atoms with Gasteiger partial charge in [-0.05, 0) is 42.0 Å². The highest BCUT2D eigenvalue weighted by atomic mass is 35.5. The minimum atomic E-state index is -4.19. The fourth-order valence-corrected chi connectivity index (χ4v) is 5.80. The minimum Gasteiger partial charge on any atom is -0.480 e. The van der Waals surface area contributed by atoms with Gasteiger partial charge < -0.3 is 15.1 Å². The molecule has 0 unspecified atom stereocenters. The fourth-order valence-electron chi connectivity index (χ4n) is 3.37. The summed E-state index contributed by atoms with van der Waals surface area (Å²) in [6.45, 7) is 0. The Labute approximate surface area is 226 Å². The van der Waals surface area contributed by atoms with Crippen molar-refractivity contribution in [1.82, 2.24) is 14.3 Å². The summed E-state index contributed by atoms with van der Waals surface area (Å²) in [5.41, 5.74) is 0.640. The van der Waals surface area contributed by atoms with E-state index in [9.17, 15) is 23.1 Å². The summed E-state index contributed by atoms with van der Waals surface area (Å²) in [4.78, 5) is 24.9. The Hall–Kier alpha value is -2.83. The number of hydrogen-bond acceptors (Lipinski definition) is 7. The normalized spacial score (nSPS) is 15.4. The number of carboxylic acid groups (broad SMARTS) is 1. The van der Waals surface area contributed by atoms with Crippen LogP contribution < -0.4 is 14.8 Å². The molecule has 0 saturated carbocycles. The van der Waals surface area contributed by atoms with Gasteiger partial charge in [-0.3, -0.25) is 13.8 Å². The molecule has 1 atom stereocenters. The van der Waals surface area contributed by atoms with Gasteiger partial charge in [0.25, 0.3) is 15.9 Å². The van der Waals surface area contributed by atoms with Gasteiger partial charge in [0.1, 0.15) is 10.9 Å². The Balaban J connectivity index is 1.62. The van der Waals surface area contributed by atoms with E-state index >= 15 is 0 Å². The van der Waals surface area contributed by atoms with E-state index in [0.717, 1.165) is 0 Å². The third-order valence-corrected chi connectivity index (χ3v) is 8.23. The van der Waals surface area contributed by atoms with Crippen LogP contribution in [-0.4, -0.2) is 35.7 Å². The molecule has 4 N–H and O–H groups in total. The van der Waals surface area contributed by atoms with E-state index in [1.165, 1.54) is 36.5 Å². The zero-order valence-electron chi connectivity index (χ0n) is 18.0. The molecule has 188 valence electrons. The number of carboxylic acids is 1. The number of hydrogen-bond donors (Lipinski definition) is 4. The van der Waals surface area contributed by atoms with Gasteiger partial charge in [0.2, 0.25) is 0 Å². The molecule has 36 heavy (non-hydrogen) atoms. The predicted octanol–water partition coefficient (Wildman–Crippen LogP) is 4.54. The number of halogens is 3. The number of amides is 1. The molecule has 0 aromatic heterocycles. The van der Waals surface area contributed by atoms with Crippen LogP contribution >= 0.6 is 46.9 Å². The van der Waals surface area contributed by atoms with Gasteiger partial charge in [0.15, 0.2) is 0 Å². The first-order valence-electron chi connectivity index (χ1n) is 10.2. The number of anilines is 1. The monoisotopic (exact) mass is 586 g/mol. The van der Waals surface area contributed by atoms with Crippen molar-refractivity contribution in [2.24, 2.45) is 0 Å². The van der Waals surface area contributed by atoms with Gasteiger partial charge in [-0.15, -0.1) is 0 Å². The molecule has 2 aromatic rings. The number of sulfonamides is 1. The van der Waals surface area contributed by atoms with E-state index in [0.29, 0.717) is 16.3 Å². The van der Waals surface area contributed by atoms with Crippen LogP contribution in [0, 0.1) is 0 Å². The topological polar surface area (TPSA) is 128 Å². The molecule has 2 aromatic carbocycles. The molecule has 1 amide bonds. The summed E-state index contributed by atoms with van der Waals surface area (Å²) in [5, 5.41) is 12.6. The van der Waals surface area contributed by atoms with Crippen LogP contribution in [0.15, 0.2) is 71.6 Å². The average Bonchev–Trinajstić information content (AvgIpc) is 3.30. The second kappa shape index (κ2) is 10.7. The van der Waals surface area contributed by atoms with Crippen LogP contribution in [0.5, 0.6) is 0 Å². The van der Waals surface area contributed by atoms with Crippen molar-refractivity contribution in [3.05, 3.63) is 97.7 Å². The van der Waals surface area contributed by atoms with Gasteiger partial charge in [0, 0.05) is 23.8 Å². The van der Waals surface area contributed by atoms with Gasteiger partial charge in [-0.2, -0.15) is 0 Å². The van der Waals surface area contributed by atoms with Crippen LogP contribution in [-0.2, 0) is 21.2 Å². The molecule has 4 rings (SSSR count). The van der Waals surface area contributed by atoms with E-state index in [4.69, 9.17) is 34.8 Å². The van der Waals surface area contributed by atoms with Crippen molar-refractivity contribution in [2.45, 2.75) is 12.5 Å². The van der Waals surface area contributed by atoms with E-state index in [1.807, 2.05) is 0 Å². The maximum Gasteiger partial charge on any atom is 0.326 e. The van der Waals surface area contributed by atoms with Crippen molar-refractivity contribution in [3.8, 4) is 0 Å². The molecule has 0 radical (unpaired) electrons. The van der Waals surface area contributed by atoms with E-state index in [2.05, 4.69) is 14.8 Å². The first kappa shape index (κ1) is 26.2. The number of benzene rings is 2.